The van der Waals surface area contributed by atoms with Gasteiger partial charge in [-0.2, -0.15) is 11.8 Å². The molecule has 112 valence electrons. The Bertz CT molecular complexity index is 444. The van der Waals surface area contributed by atoms with E-state index in [1.165, 1.54) is 23.6 Å². The van der Waals surface area contributed by atoms with Gasteiger partial charge in [-0.15, -0.1) is 0 Å². The average Bonchev–Trinajstić information content (AvgIpc) is 2.46. The summed E-state index contributed by atoms with van der Waals surface area (Å²) in [5.41, 5.74) is 1.25. The van der Waals surface area contributed by atoms with Crippen molar-refractivity contribution >= 4 is 27.7 Å². The summed E-state index contributed by atoms with van der Waals surface area (Å²) in [7, 11) is 6.03. The summed E-state index contributed by atoms with van der Waals surface area (Å²) in [6, 6.07) is 7.24. The van der Waals surface area contributed by atoms with E-state index >= 15 is 0 Å². The molecule has 3 nitrogen and oxygen atoms in total. The summed E-state index contributed by atoms with van der Waals surface area (Å²) < 4.78 is 6.60. The summed E-state index contributed by atoms with van der Waals surface area (Å²) in [5, 5.41) is 3.50. The van der Waals surface area contributed by atoms with Crippen LogP contribution in [0.1, 0.15) is 5.56 Å². The zero-order valence-corrected chi connectivity index (χ0v) is 14.8. The van der Waals surface area contributed by atoms with Crippen LogP contribution in [0.4, 0.5) is 0 Å². The molecule has 5 heteroatoms. The Morgan fingerprint density at radius 3 is 3.00 bits per heavy atom. The van der Waals surface area contributed by atoms with Gasteiger partial charge in [0.2, 0.25) is 0 Å². The van der Waals surface area contributed by atoms with Gasteiger partial charge in [0.1, 0.15) is 5.75 Å². The molecule has 0 spiro atoms. The molecule has 2 rings (SSSR count). The van der Waals surface area contributed by atoms with Crippen LogP contribution >= 0.6 is 27.7 Å². The summed E-state index contributed by atoms with van der Waals surface area (Å²) in [5.74, 6) is 3.40. The topological polar surface area (TPSA) is 24.5 Å². The Morgan fingerprint density at radius 2 is 2.35 bits per heavy atom. The van der Waals surface area contributed by atoms with Crippen molar-refractivity contribution in [3.8, 4) is 5.75 Å². The van der Waals surface area contributed by atoms with Gasteiger partial charge in [-0.25, -0.2) is 0 Å². The van der Waals surface area contributed by atoms with Gasteiger partial charge in [0.15, 0.2) is 0 Å². The van der Waals surface area contributed by atoms with Crippen LogP contribution in [0.15, 0.2) is 22.7 Å². The summed E-state index contributed by atoms with van der Waals surface area (Å²) in [6.07, 6.45) is 0.981. The Morgan fingerprint density at radius 1 is 1.55 bits per heavy atom. The van der Waals surface area contributed by atoms with Crippen LogP contribution in [0.3, 0.4) is 0 Å². The third-order valence-corrected chi connectivity index (χ3v) is 5.50. The molecule has 2 unspecified atom stereocenters. The number of thioether (sulfide) groups is 1. The molecule has 0 amide bonds. The molecule has 1 heterocycles. The Hall–Kier alpha value is -0.230. The molecule has 1 aliphatic heterocycles. The zero-order chi connectivity index (χ0) is 14.5. The van der Waals surface area contributed by atoms with E-state index in [1.54, 1.807) is 7.11 Å². The van der Waals surface area contributed by atoms with Gasteiger partial charge in [-0.1, -0.05) is 15.9 Å². The lowest BCUT2D eigenvalue weighted by Crippen LogP contribution is -2.52. The number of likely N-dealkylation sites (N-methyl/N-ethyl adjacent to an activating group) is 2. The van der Waals surface area contributed by atoms with Crippen molar-refractivity contribution < 1.29 is 4.74 Å². The van der Waals surface area contributed by atoms with Crippen LogP contribution in [-0.2, 0) is 6.42 Å². The SMILES string of the molecule is CNC(Cc1cc(Br)ccc1OC)C1CSCCN1C. The molecule has 1 aliphatic rings. The lowest BCUT2D eigenvalue weighted by Gasteiger charge is -2.38. The van der Waals surface area contributed by atoms with Gasteiger partial charge in [-0.05, 0) is 44.3 Å². The maximum Gasteiger partial charge on any atom is 0.122 e. The first-order valence-corrected chi connectivity index (χ1v) is 8.88. The van der Waals surface area contributed by atoms with Gasteiger partial charge < -0.3 is 15.0 Å². The number of rotatable bonds is 5. The number of nitrogens with one attached hydrogen (secondary N) is 1. The van der Waals surface area contributed by atoms with Crippen LogP contribution in [0, 0.1) is 0 Å². The van der Waals surface area contributed by atoms with E-state index in [-0.39, 0.29) is 0 Å². The fourth-order valence-corrected chi connectivity index (χ4v) is 4.42. The zero-order valence-electron chi connectivity index (χ0n) is 12.4. The largest absolute Gasteiger partial charge is 0.496 e. The first-order chi connectivity index (χ1) is 9.65. The highest BCUT2D eigenvalue weighted by Crippen LogP contribution is 2.26. The van der Waals surface area contributed by atoms with Crippen LogP contribution in [-0.4, -0.2) is 56.2 Å². The molecule has 1 aromatic rings. The molecule has 1 N–H and O–H groups in total. The van der Waals surface area contributed by atoms with Gasteiger partial charge in [0, 0.05) is 34.6 Å². The highest BCUT2D eigenvalue weighted by molar-refractivity contribution is 9.10. The van der Waals surface area contributed by atoms with Crippen molar-refractivity contribution in [2.24, 2.45) is 0 Å². The number of benzene rings is 1. The van der Waals surface area contributed by atoms with Crippen molar-refractivity contribution in [1.29, 1.82) is 0 Å². The third kappa shape index (κ3) is 3.91. The molecular weight excluding hydrogens is 336 g/mol. The molecular formula is C15H23BrN2OS. The third-order valence-electron chi connectivity index (χ3n) is 3.96. The van der Waals surface area contributed by atoms with Crippen molar-refractivity contribution in [2.45, 2.75) is 18.5 Å². The number of nitrogens with zero attached hydrogens (tertiary/aromatic N) is 1. The standard InChI is InChI=1S/C15H23BrN2OS/c1-17-13(14-10-20-7-6-18(14)2)9-11-8-12(16)4-5-15(11)19-3/h4-5,8,13-14,17H,6-7,9-10H2,1-3H3. The minimum absolute atomic E-state index is 0.441. The number of halogens is 1. The maximum absolute atomic E-state index is 5.49. The highest BCUT2D eigenvalue weighted by atomic mass is 79.9. The van der Waals surface area contributed by atoms with Crippen molar-refractivity contribution in [1.82, 2.24) is 10.2 Å². The van der Waals surface area contributed by atoms with Crippen LogP contribution in [0.25, 0.3) is 0 Å². The quantitative estimate of drug-likeness (QED) is 0.874. The Kier molecular flexibility index (Phi) is 6.20. The molecule has 0 aliphatic carbocycles. The Balaban J connectivity index is 2.15. The molecule has 0 bridgehead atoms. The minimum atomic E-state index is 0.441. The highest BCUT2D eigenvalue weighted by Gasteiger charge is 2.27. The fraction of sp³-hybridized carbons (Fsp3) is 0.600. The first-order valence-electron chi connectivity index (χ1n) is 6.93. The second-order valence-electron chi connectivity index (χ2n) is 5.18. The number of hydrogen-bond acceptors (Lipinski definition) is 4. The fourth-order valence-electron chi connectivity index (χ4n) is 2.70. The normalized spacial score (nSPS) is 21.7. The molecule has 1 fully saturated rings. The first kappa shape index (κ1) is 16.1. The maximum atomic E-state index is 5.49. The van der Waals surface area contributed by atoms with Crippen LogP contribution in [0.5, 0.6) is 5.75 Å². The van der Waals surface area contributed by atoms with Gasteiger partial charge in [0.25, 0.3) is 0 Å². The van der Waals surface area contributed by atoms with Crippen molar-refractivity contribution in [3.05, 3.63) is 28.2 Å². The molecule has 0 aromatic heterocycles. The van der Waals surface area contributed by atoms with Crippen molar-refractivity contribution in [2.75, 3.05) is 39.3 Å². The molecule has 2 atom stereocenters. The van der Waals surface area contributed by atoms with E-state index < -0.39 is 0 Å². The molecule has 1 saturated heterocycles. The molecule has 0 saturated carbocycles. The number of methoxy groups -OCH3 is 1. The van der Waals surface area contributed by atoms with Gasteiger partial charge in [0.05, 0.1) is 7.11 Å². The van der Waals surface area contributed by atoms with Crippen molar-refractivity contribution in [3.63, 3.8) is 0 Å². The molecule has 1 aromatic carbocycles. The second kappa shape index (κ2) is 7.69. The summed E-state index contributed by atoms with van der Waals surface area (Å²) in [6.45, 7) is 1.17. The average molecular weight is 359 g/mol. The second-order valence-corrected chi connectivity index (χ2v) is 7.24. The summed E-state index contributed by atoms with van der Waals surface area (Å²) in [4.78, 5) is 2.47. The van der Waals surface area contributed by atoms with Crippen LogP contribution < -0.4 is 10.1 Å². The lowest BCUT2D eigenvalue weighted by atomic mass is 9.98. The molecule has 0 radical (unpaired) electrons. The smallest absolute Gasteiger partial charge is 0.122 e. The van der Waals surface area contributed by atoms with E-state index in [1.807, 2.05) is 12.1 Å². The van der Waals surface area contributed by atoms with E-state index in [4.69, 9.17) is 4.74 Å². The van der Waals surface area contributed by atoms with Gasteiger partial charge in [-0.3, -0.25) is 0 Å². The number of ether oxygens (including phenoxy) is 1. The Labute approximate surface area is 134 Å². The van der Waals surface area contributed by atoms with E-state index in [0.717, 1.165) is 16.6 Å². The molecule has 20 heavy (non-hydrogen) atoms. The minimum Gasteiger partial charge on any atom is -0.496 e. The lowest BCUT2D eigenvalue weighted by molar-refractivity contribution is 0.218. The predicted molar refractivity (Wildman–Crippen MR) is 91.0 cm³/mol. The van der Waals surface area contributed by atoms with E-state index in [0.29, 0.717) is 12.1 Å². The summed E-state index contributed by atoms with van der Waals surface area (Å²) >= 11 is 5.61. The van der Waals surface area contributed by atoms with Crippen LogP contribution in [0.2, 0.25) is 0 Å². The van der Waals surface area contributed by atoms with E-state index in [2.05, 4.69) is 58.1 Å². The predicted octanol–water partition coefficient (Wildman–Crippen LogP) is 2.64. The van der Waals surface area contributed by atoms with E-state index in [9.17, 15) is 0 Å². The van der Waals surface area contributed by atoms with Gasteiger partial charge >= 0.3 is 0 Å². The number of hydrogen-bond donors (Lipinski definition) is 1. The monoisotopic (exact) mass is 358 g/mol.